The third kappa shape index (κ3) is 2.95. The van der Waals surface area contributed by atoms with E-state index in [-0.39, 0.29) is 11.0 Å². The monoisotopic (exact) mass is 331 g/mol. The molecule has 118 valence electrons. The first-order valence-corrected chi connectivity index (χ1v) is 8.86. The predicted molar refractivity (Wildman–Crippen MR) is 100 cm³/mol. The van der Waals surface area contributed by atoms with Crippen molar-refractivity contribution < 1.29 is 5.11 Å². The lowest BCUT2D eigenvalue weighted by Crippen LogP contribution is -2.05. The van der Waals surface area contributed by atoms with Crippen molar-refractivity contribution >= 4 is 23.2 Å². The molecule has 0 unspecified atom stereocenters. The first-order chi connectivity index (χ1) is 11.8. The molecule has 0 saturated heterocycles. The van der Waals surface area contributed by atoms with Gasteiger partial charge in [0.15, 0.2) is 0 Å². The van der Waals surface area contributed by atoms with Gasteiger partial charge in [0.1, 0.15) is 5.75 Å². The fourth-order valence-electron chi connectivity index (χ4n) is 2.95. The number of aliphatic imine (C=N–C) groups is 1. The number of rotatable bonds is 2. The molecule has 3 aromatic carbocycles. The molecular formula is C21H17NOS. The summed E-state index contributed by atoms with van der Waals surface area (Å²) in [5.41, 5.74) is 4.00. The van der Waals surface area contributed by atoms with E-state index < -0.39 is 0 Å². The van der Waals surface area contributed by atoms with E-state index in [1.807, 2.05) is 54.2 Å². The Morgan fingerprint density at radius 3 is 2.38 bits per heavy atom. The van der Waals surface area contributed by atoms with E-state index in [1.54, 1.807) is 6.07 Å². The Hall–Kier alpha value is -2.52. The highest BCUT2D eigenvalue weighted by Crippen LogP contribution is 2.45. The van der Waals surface area contributed by atoms with E-state index in [0.29, 0.717) is 0 Å². The molecule has 4 rings (SSSR count). The molecule has 0 amide bonds. The van der Waals surface area contributed by atoms with Gasteiger partial charge in [0.2, 0.25) is 0 Å². The van der Waals surface area contributed by atoms with Crippen LogP contribution in [0.2, 0.25) is 0 Å². The van der Waals surface area contributed by atoms with Gasteiger partial charge in [-0.2, -0.15) is 0 Å². The zero-order valence-electron chi connectivity index (χ0n) is 13.1. The summed E-state index contributed by atoms with van der Waals surface area (Å²) in [6.07, 6.45) is 0.779. The molecule has 0 aliphatic carbocycles. The van der Waals surface area contributed by atoms with Gasteiger partial charge in [0, 0.05) is 22.1 Å². The number of nitrogens with zero attached hydrogens (tertiary/aromatic N) is 1. The van der Waals surface area contributed by atoms with Gasteiger partial charge >= 0.3 is 0 Å². The van der Waals surface area contributed by atoms with Crippen LogP contribution in [0.5, 0.6) is 5.75 Å². The van der Waals surface area contributed by atoms with Gasteiger partial charge in [-0.05, 0) is 29.8 Å². The highest BCUT2D eigenvalue weighted by atomic mass is 32.2. The van der Waals surface area contributed by atoms with Crippen LogP contribution < -0.4 is 0 Å². The van der Waals surface area contributed by atoms with Crippen molar-refractivity contribution in [3.05, 3.63) is 90.0 Å². The summed E-state index contributed by atoms with van der Waals surface area (Å²) < 4.78 is 0. The minimum absolute atomic E-state index is 0.271. The molecule has 0 aromatic heterocycles. The second-order valence-electron chi connectivity index (χ2n) is 5.76. The number of phenolic OH excluding ortho intramolecular Hbond substituents is 1. The van der Waals surface area contributed by atoms with Crippen LogP contribution in [0.4, 0.5) is 5.69 Å². The van der Waals surface area contributed by atoms with Crippen molar-refractivity contribution in [3.63, 3.8) is 0 Å². The summed E-state index contributed by atoms with van der Waals surface area (Å²) in [5.74, 6) is 0.285. The van der Waals surface area contributed by atoms with Gasteiger partial charge in [-0.25, -0.2) is 0 Å². The Morgan fingerprint density at radius 2 is 1.54 bits per heavy atom. The number of benzene rings is 3. The Morgan fingerprint density at radius 1 is 0.833 bits per heavy atom. The maximum absolute atomic E-state index is 10.3. The topological polar surface area (TPSA) is 32.6 Å². The van der Waals surface area contributed by atoms with E-state index in [9.17, 15) is 5.11 Å². The third-order valence-electron chi connectivity index (χ3n) is 4.15. The molecule has 0 radical (unpaired) electrons. The standard InChI is InChI=1S/C21H17NOS/c23-19-12-6-4-10-16(19)18-14-21(15-8-2-1-3-9-15)24-20-13-7-5-11-17(20)22-18/h1-13,21,23H,14H2/t21-/m1/s1. The molecule has 0 spiro atoms. The number of aromatic hydroxyl groups is 1. The minimum atomic E-state index is 0.271. The van der Waals surface area contributed by atoms with Crippen molar-refractivity contribution in [2.24, 2.45) is 4.99 Å². The summed E-state index contributed by atoms with van der Waals surface area (Å²) >= 11 is 1.84. The number of hydrogen-bond donors (Lipinski definition) is 1. The Labute approximate surface area is 145 Å². The maximum atomic E-state index is 10.3. The second-order valence-corrected chi connectivity index (χ2v) is 7.01. The molecule has 1 N–H and O–H groups in total. The van der Waals surface area contributed by atoms with Gasteiger partial charge in [-0.15, -0.1) is 11.8 Å². The highest BCUT2D eigenvalue weighted by Gasteiger charge is 2.23. The molecule has 3 heteroatoms. The quantitative estimate of drug-likeness (QED) is 0.648. The summed E-state index contributed by atoms with van der Waals surface area (Å²) in [4.78, 5) is 6.06. The SMILES string of the molecule is Oc1ccccc1C1=Nc2ccccc2S[C@@H](c2ccccc2)C1. The second kappa shape index (κ2) is 6.54. The van der Waals surface area contributed by atoms with E-state index in [0.717, 1.165) is 23.4 Å². The van der Waals surface area contributed by atoms with Crippen LogP contribution in [0.1, 0.15) is 22.8 Å². The fraction of sp³-hybridized carbons (Fsp3) is 0.0952. The van der Waals surface area contributed by atoms with Crippen molar-refractivity contribution in [2.75, 3.05) is 0 Å². The molecule has 3 aromatic rings. The Bertz CT molecular complexity index is 889. The smallest absolute Gasteiger partial charge is 0.124 e. The highest BCUT2D eigenvalue weighted by molar-refractivity contribution is 7.99. The maximum Gasteiger partial charge on any atom is 0.124 e. The van der Waals surface area contributed by atoms with Gasteiger partial charge in [0.25, 0.3) is 0 Å². The van der Waals surface area contributed by atoms with E-state index in [2.05, 4.69) is 30.3 Å². The first kappa shape index (κ1) is 15.0. The van der Waals surface area contributed by atoms with Crippen LogP contribution in [0, 0.1) is 0 Å². The van der Waals surface area contributed by atoms with Gasteiger partial charge in [-0.3, -0.25) is 4.99 Å². The van der Waals surface area contributed by atoms with Crippen LogP contribution in [0.15, 0.2) is 88.8 Å². The first-order valence-electron chi connectivity index (χ1n) is 7.98. The number of fused-ring (bicyclic) bond motifs is 1. The number of thioether (sulfide) groups is 1. The zero-order valence-corrected chi connectivity index (χ0v) is 13.9. The third-order valence-corrected chi connectivity index (χ3v) is 5.48. The fourth-order valence-corrected chi connectivity index (χ4v) is 4.18. The van der Waals surface area contributed by atoms with E-state index in [4.69, 9.17) is 4.99 Å². The Kier molecular flexibility index (Phi) is 4.09. The summed E-state index contributed by atoms with van der Waals surface area (Å²) in [6, 6.07) is 26.2. The van der Waals surface area contributed by atoms with Gasteiger partial charge in [0.05, 0.1) is 11.4 Å². The van der Waals surface area contributed by atoms with Crippen LogP contribution >= 0.6 is 11.8 Å². The average Bonchev–Trinajstić information content (AvgIpc) is 2.82. The molecule has 2 nitrogen and oxygen atoms in total. The number of phenols is 1. The van der Waals surface area contributed by atoms with Crippen LogP contribution in [0.25, 0.3) is 0 Å². The van der Waals surface area contributed by atoms with E-state index >= 15 is 0 Å². The number of hydrogen-bond acceptors (Lipinski definition) is 3. The molecule has 1 heterocycles. The average molecular weight is 331 g/mol. The van der Waals surface area contributed by atoms with Crippen molar-refractivity contribution in [1.29, 1.82) is 0 Å². The van der Waals surface area contributed by atoms with Crippen molar-refractivity contribution in [3.8, 4) is 5.75 Å². The molecule has 1 aliphatic rings. The van der Waals surface area contributed by atoms with Crippen LogP contribution in [0.3, 0.4) is 0 Å². The lowest BCUT2D eigenvalue weighted by atomic mass is 10.0. The van der Waals surface area contributed by atoms with Gasteiger partial charge < -0.3 is 5.11 Å². The Balaban J connectivity index is 1.83. The molecular weight excluding hydrogens is 314 g/mol. The van der Waals surface area contributed by atoms with E-state index in [1.165, 1.54) is 10.5 Å². The van der Waals surface area contributed by atoms with Crippen molar-refractivity contribution in [2.45, 2.75) is 16.6 Å². The number of para-hydroxylation sites is 2. The summed E-state index contributed by atoms with van der Waals surface area (Å²) in [7, 11) is 0. The lowest BCUT2D eigenvalue weighted by Gasteiger charge is -2.16. The van der Waals surface area contributed by atoms with Gasteiger partial charge in [-0.1, -0.05) is 54.6 Å². The molecule has 0 saturated carbocycles. The molecule has 1 aliphatic heterocycles. The van der Waals surface area contributed by atoms with Crippen LogP contribution in [-0.4, -0.2) is 10.8 Å². The predicted octanol–water partition coefficient (Wildman–Crippen LogP) is 5.75. The molecule has 0 fully saturated rings. The largest absolute Gasteiger partial charge is 0.507 e. The van der Waals surface area contributed by atoms with Crippen molar-refractivity contribution in [1.82, 2.24) is 0 Å². The molecule has 1 atom stereocenters. The normalized spacial score (nSPS) is 16.8. The lowest BCUT2D eigenvalue weighted by molar-refractivity contribution is 0.474. The van der Waals surface area contributed by atoms with Crippen LogP contribution in [-0.2, 0) is 0 Å². The zero-order chi connectivity index (χ0) is 16.4. The molecule has 24 heavy (non-hydrogen) atoms. The minimum Gasteiger partial charge on any atom is -0.507 e. The molecule has 0 bridgehead atoms. The summed E-state index contributed by atoms with van der Waals surface area (Å²) in [6.45, 7) is 0. The summed E-state index contributed by atoms with van der Waals surface area (Å²) in [5, 5.41) is 10.5.